The molecular weight excluding hydrogens is 306 g/mol. The molecule has 0 aromatic carbocycles. The first kappa shape index (κ1) is 16.9. The topological polar surface area (TPSA) is 75.4 Å². The van der Waals surface area contributed by atoms with Crippen LogP contribution in [0.15, 0.2) is 10.3 Å². The highest BCUT2D eigenvalue weighted by Crippen LogP contribution is 2.26. The molecule has 0 radical (unpaired) electrons. The Morgan fingerprint density at radius 2 is 2.10 bits per heavy atom. The average molecular weight is 332 g/mol. The van der Waals surface area contributed by atoms with Gasteiger partial charge >= 0.3 is 0 Å². The number of nitrogens with one attached hydrogen (secondary N) is 1. The molecule has 1 aliphatic rings. The first-order valence-electron chi connectivity index (χ1n) is 7.47. The first-order valence-corrected chi connectivity index (χ1v) is 9.83. The van der Waals surface area contributed by atoms with E-state index in [4.69, 9.17) is 5.73 Å². The molecule has 7 heteroatoms. The van der Waals surface area contributed by atoms with Gasteiger partial charge in [0.15, 0.2) is 0 Å². The largest absolute Gasteiger partial charge is 0.326 e. The minimum atomic E-state index is -3.44. The SMILES string of the molecule is CCN1CCC(CNS(=O)(=O)c2c(C)csc2CN)CC1. The van der Waals surface area contributed by atoms with E-state index in [0.717, 1.165) is 42.9 Å². The van der Waals surface area contributed by atoms with E-state index in [9.17, 15) is 8.42 Å². The van der Waals surface area contributed by atoms with E-state index < -0.39 is 10.0 Å². The second-order valence-corrected chi connectivity index (χ2v) is 8.27. The van der Waals surface area contributed by atoms with Crippen molar-refractivity contribution in [3.05, 3.63) is 15.8 Å². The van der Waals surface area contributed by atoms with Crippen LogP contribution in [-0.4, -0.2) is 39.5 Å². The Kier molecular flexibility index (Phi) is 5.79. The van der Waals surface area contributed by atoms with E-state index >= 15 is 0 Å². The lowest BCUT2D eigenvalue weighted by molar-refractivity contribution is 0.193. The fourth-order valence-corrected chi connectivity index (χ4v) is 5.61. The van der Waals surface area contributed by atoms with Gasteiger partial charge in [0, 0.05) is 18.0 Å². The monoisotopic (exact) mass is 331 g/mol. The van der Waals surface area contributed by atoms with Gasteiger partial charge < -0.3 is 10.6 Å². The number of likely N-dealkylation sites (tertiary alicyclic amines) is 1. The quantitative estimate of drug-likeness (QED) is 0.829. The van der Waals surface area contributed by atoms with Gasteiger partial charge in [-0.05, 0) is 56.3 Å². The summed E-state index contributed by atoms with van der Waals surface area (Å²) in [5.41, 5.74) is 6.43. The molecule has 0 bridgehead atoms. The number of nitrogens with two attached hydrogens (primary N) is 1. The third kappa shape index (κ3) is 4.04. The summed E-state index contributed by atoms with van der Waals surface area (Å²) < 4.78 is 27.8. The summed E-state index contributed by atoms with van der Waals surface area (Å²) in [5, 5.41) is 1.86. The number of sulfonamides is 1. The Balaban J connectivity index is 1.97. The van der Waals surface area contributed by atoms with E-state index in [-0.39, 0.29) is 6.54 Å². The van der Waals surface area contributed by atoms with Crippen molar-refractivity contribution in [3.63, 3.8) is 0 Å². The lowest BCUT2D eigenvalue weighted by Gasteiger charge is -2.31. The molecule has 0 spiro atoms. The number of nitrogens with zero attached hydrogens (tertiary/aromatic N) is 1. The van der Waals surface area contributed by atoms with Crippen LogP contribution >= 0.6 is 11.3 Å². The van der Waals surface area contributed by atoms with Crippen molar-refractivity contribution in [1.29, 1.82) is 0 Å². The Morgan fingerprint density at radius 1 is 1.43 bits per heavy atom. The zero-order valence-electron chi connectivity index (χ0n) is 12.8. The van der Waals surface area contributed by atoms with Crippen LogP contribution in [0.25, 0.3) is 0 Å². The molecule has 1 aromatic rings. The molecule has 21 heavy (non-hydrogen) atoms. The van der Waals surface area contributed by atoms with Crippen molar-refractivity contribution in [1.82, 2.24) is 9.62 Å². The van der Waals surface area contributed by atoms with Crippen LogP contribution in [0.3, 0.4) is 0 Å². The number of hydrogen-bond donors (Lipinski definition) is 2. The maximum Gasteiger partial charge on any atom is 0.241 e. The number of piperidine rings is 1. The Labute approximate surface area is 131 Å². The van der Waals surface area contributed by atoms with Gasteiger partial charge in [0.2, 0.25) is 10.0 Å². The van der Waals surface area contributed by atoms with E-state index in [1.807, 2.05) is 12.3 Å². The van der Waals surface area contributed by atoms with Gasteiger partial charge in [-0.3, -0.25) is 0 Å². The molecule has 0 atom stereocenters. The second-order valence-electron chi connectivity index (χ2n) is 5.60. The van der Waals surface area contributed by atoms with Crippen LogP contribution < -0.4 is 10.5 Å². The Bertz CT molecular complexity index is 561. The Morgan fingerprint density at radius 3 is 2.67 bits per heavy atom. The molecule has 0 unspecified atom stereocenters. The third-order valence-electron chi connectivity index (χ3n) is 4.16. The lowest BCUT2D eigenvalue weighted by Crippen LogP contribution is -2.38. The molecule has 2 rings (SSSR count). The van der Waals surface area contributed by atoms with Crippen molar-refractivity contribution in [2.45, 2.75) is 38.1 Å². The van der Waals surface area contributed by atoms with Gasteiger partial charge in [-0.15, -0.1) is 11.3 Å². The van der Waals surface area contributed by atoms with E-state index in [0.29, 0.717) is 17.4 Å². The van der Waals surface area contributed by atoms with Crippen LogP contribution in [0.1, 0.15) is 30.2 Å². The van der Waals surface area contributed by atoms with Crippen LogP contribution in [0.2, 0.25) is 0 Å². The zero-order valence-corrected chi connectivity index (χ0v) is 14.4. The van der Waals surface area contributed by atoms with Gasteiger partial charge in [0.1, 0.15) is 4.90 Å². The summed E-state index contributed by atoms with van der Waals surface area (Å²) in [4.78, 5) is 3.53. The minimum Gasteiger partial charge on any atom is -0.326 e. The van der Waals surface area contributed by atoms with Crippen LogP contribution in [-0.2, 0) is 16.6 Å². The summed E-state index contributed by atoms with van der Waals surface area (Å²) in [5.74, 6) is 0.433. The molecule has 0 aliphatic carbocycles. The molecule has 5 nitrogen and oxygen atoms in total. The minimum absolute atomic E-state index is 0.267. The maximum atomic E-state index is 12.5. The highest BCUT2D eigenvalue weighted by molar-refractivity contribution is 7.89. The van der Waals surface area contributed by atoms with Crippen LogP contribution in [0.4, 0.5) is 0 Å². The molecule has 1 saturated heterocycles. The van der Waals surface area contributed by atoms with Crippen molar-refractivity contribution in [2.75, 3.05) is 26.2 Å². The van der Waals surface area contributed by atoms with Crippen LogP contribution in [0, 0.1) is 12.8 Å². The predicted molar refractivity (Wildman–Crippen MR) is 87.0 cm³/mol. The van der Waals surface area contributed by atoms with Gasteiger partial charge in [-0.1, -0.05) is 6.92 Å². The van der Waals surface area contributed by atoms with Crippen LogP contribution in [0.5, 0.6) is 0 Å². The summed E-state index contributed by atoms with van der Waals surface area (Å²) in [6.07, 6.45) is 2.12. The maximum absolute atomic E-state index is 12.5. The highest BCUT2D eigenvalue weighted by Gasteiger charge is 2.25. The number of thiophene rings is 1. The van der Waals surface area contributed by atoms with Gasteiger partial charge in [-0.2, -0.15) is 0 Å². The van der Waals surface area contributed by atoms with Gasteiger partial charge in [-0.25, -0.2) is 13.1 Å². The standard InChI is InChI=1S/C14H25N3O2S2/c1-3-17-6-4-12(5-7-17)9-16-21(18,19)14-11(2)10-20-13(14)8-15/h10,12,16H,3-9,15H2,1-2H3. The fourth-order valence-electron chi connectivity index (χ4n) is 2.80. The van der Waals surface area contributed by atoms with Gasteiger partial charge in [0.25, 0.3) is 0 Å². The molecule has 0 saturated carbocycles. The molecule has 2 heterocycles. The van der Waals surface area contributed by atoms with E-state index in [2.05, 4.69) is 16.5 Å². The first-order chi connectivity index (χ1) is 9.97. The van der Waals surface area contributed by atoms with Crippen molar-refractivity contribution in [3.8, 4) is 0 Å². The number of rotatable bonds is 6. The number of hydrogen-bond acceptors (Lipinski definition) is 5. The summed E-state index contributed by atoms with van der Waals surface area (Å²) in [6, 6.07) is 0. The van der Waals surface area contributed by atoms with Crippen molar-refractivity contribution < 1.29 is 8.42 Å². The zero-order chi connectivity index (χ0) is 15.5. The third-order valence-corrected chi connectivity index (χ3v) is 7.07. The number of aryl methyl sites for hydroxylation is 1. The van der Waals surface area contributed by atoms with E-state index in [1.54, 1.807) is 0 Å². The molecule has 0 amide bonds. The molecule has 3 N–H and O–H groups in total. The molecule has 1 fully saturated rings. The van der Waals surface area contributed by atoms with Crippen molar-refractivity contribution >= 4 is 21.4 Å². The fraction of sp³-hybridized carbons (Fsp3) is 0.714. The second kappa shape index (κ2) is 7.19. The highest BCUT2D eigenvalue weighted by atomic mass is 32.2. The molecule has 120 valence electrons. The smallest absolute Gasteiger partial charge is 0.241 e. The lowest BCUT2D eigenvalue weighted by atomic mass is 9.97. The average Bonchev–Trinajstić information content (AvgIpc) is 2.87. The predicted octanol–water partition coefficient (Wildman–Crippen LogP) is 1.53. The summed E-state index contributed by atoms with van der Waals surface area (Å²) >= 11 is 1.42. The molecular formula is C14H25N3O2S2. The Hall–Kier alpha value is -0.470. The molecule has 1 aromatic heterocycles. The van der Waals surface area contributed by atoms with Crippen molar-refractivity contribution in [2.24, 2.45) is 11.7 Å². The normalized spacial score (nSPS) is 18.2. The van der Waals surface area contributed by atoms with Gasteiger partial charge in [0.05, 0.1) is 0 Å². The summed E-state index contributed by atoms with van der Waals surface area (Å²) in [6.45, 7) is 7.98. The summed E-state index contributed by atoms with van der Waals surface area (Å²) in [7, 11) is -3.44. The van der Waals surface area contributed by atoms with E-state index in [1.165, 1.54) is 11.3 Å². The molecule has 1 aliphatic heterocycles.